The van der Waals surface area contributed by atoms with Crippen LogP contribution in [0.25, 0.3) is 0 Å². The maximum Gasteiger partial charge on any atom is 0.258 e. The molecule has 0 unspecified atom stereocenters. The van der Waals surface area contributed by atoms with E-state index < -0.39 is 6.04 Å². The standard InChI is InChI=1S/C22H29N3O5/c1-14-21(26)24(2)10-9-16-6-8-19(28-4)20(30-16)13-29-18-7-5-15(12-23)11-17(18)22(27)25(14)3/h5,7,11,14,16,19-20H,6,8-10,13H2,1-4H3/t14-,16-,19-,20+/m1/s1. The fourth-order valence-electron chi connectivity index (χ4n) is 3.93. The van der Waals surface area contributed by atoms with Crippen molar-refractivity contribution in [3.05, 3.63) is 29.3 Å². The van der Waals surface area contributed by atoms with E-state index in [0.29, 0.717) is 24.3 Å². The van der Waals surface area contributed by atoms with E-state index in [0.717, 1.165) is 12.8 Å². The number of rotatable bonds is 1. The number of hydrogen-bond donors (Lipinski definition) is 0. The molecule has 1 saturated heterocycles. The van der Waals surface area contributed by atoms with Gasteiger partial charge >= 0.3 is 0 Å². The van der Waals surface area contributed by atoms with Crippen LogP contribution in [0.15, 0.2) is 18.2 Å². The van der Waals surface area contributed by atoms with Crippen LogP contribution in [-0.2, 0) is 14.3 Å². The maximum atomic E-state index is 13.2. The summed E-state index contributed by atoms with van der Waals surface area (Å²) in [7, 11) is 4.98. The Balaban J connectivity index is 1.98. The van der Waals surface area contributed by atoms with E-state index in [1.54, 1.807) is 45.2 Å². The number of ether oxygens (including phenoxy) is 3. The number of hydrogen-bond acceptors (Lipinski definition) is 6. The highest BCUT2D eigenvalue weighted by Crippen LogP contribution is 2.28. The van der Waals surface area contributed by atoms with Gasteiger partial charge < -0.3 is 24.0 Å². The van der Waals surface area contributed by atoms with Crippen LogP contribution in [0.4, 0.5) is 0 Å². The molecule has 1 aromatic carbocycles. The molecule has 8 nitrogen and oxygen atoms in total. The molecular formula is C22H29N3O5. The number of nitriles is 1. The topological polar surface area (TPSA) is 92.1 Å². The second-order valence-electron chi connectivity index (χ2n) is 7.92. The van der Waals surface area contributed by atoms with Crippen molar-refractivity contribution in [1.82, 2.24) is 9.80 Å². The first-order valence-corrected chi connectivity index (χ1v) is 10.2. The van der Waals surface area contributed by atoms with Crippen molar-refractivity contribution >= 4 is 11.8 Å². The van der Waals surface area contributed by atoms with Crippen LogP contribution in [0.1, 0.15) is 42.1 Å². The fraction of sp³-hybridized carbons (Fsp3) is 0.591. The highest BCUT2D eigenvalue weighted by molar-refractivity contribution is 5.99. The third-order valence-corrected chi connectivity index (χ3v) is 6.02. The molecule has 3 rings (SSSR count). The van der Waals surface area contributed by atoms with Gasteiger partial charge in [-0.3, -0.25) is 9.59 Å². The van der Waals surface area contributed by atoms with E-state index in [1.165, 1.54) is 11.0 Å². The molecule has 2 bridgehead atoms. The molecule has 0 spiro atoms. The summed E-state index contributed by atoms with van der Waals surface area (Å²) in [5, 5.41) is 9.27. The quantitative estimate of drug-likeness (QED) is 0.695. The third kappa shape index (κ3) is 4.58. The summed E-state index contributed by atoms with van der Waals surface area (Å²) in [5.41, 5.74) is 0.595. The first-order valence-electron chi connectivity index (χ1n) is 10.2. The van der Waals surface area contributed by atoms with Crippen LogP contribution in [-0.4, -0.2) is 80.3 Å². The van der Waals surface area contributed by atoms with E-state index in [9.17, 15) is 14.9 Å². The van der Waals surface area contributed by atoms with E-state index in [2.05, 4.69) is 0 Å². The monoisotopic (exact) mass is 415 g/mol. The van der Waals surface area contributed by atoms with Crippen LogP contribution >= 0.6 is 0 Å². The predicted octanol–water partition coefficient (Wildman–Crippen LogP) is 1.82. The number of fused-ring (bicyclic) bond motifs is 3. The summed E-state index contributed by atoms with van der Waals surface area (Å²) >= 11 is 0. The predicted molar refractivity (Wildman–Crippen MR) is 109 cm³/mol. The Bertz CT molecular complexity index is 837. The van der Waals surface area contributed by atoms with Crippen molar-refractivity contribution < 1.29 is 23.8 Å². The Labute approximate surface area is 177 Å². The zero-order chi connectivity index (χ0) is 21.8. The molecule has 0 saturated carbocycles. The van der Waals surface area contributed by atoms with Crippen LogP contribution in [0.3, 0.4) is 0 Å². The van der Waals surface area contributed by atoms with Crippen molar-refractivity contribution in [2.45, 2.75) is 50.5 Å². The number of carbonyl (C=O) groups excluding carboxylic acids is 2. The summed E-state index contributed by atoms with van der Waals surface area (Å²) in [6.45, 7) is 2.47. The minimum Gasteiger partial charge on any atom is -0.490 e. The molecule has 8 heteroatoms. The van der Waals surface area contributed by atoms with Crippen molar-refractivity contribution in [2.24, 2.45) is 0 Å². The largest absolute Gasteiger partial charge is 0.490 e. The summed E-state index contributed by atoms with van der Waals surface area (Å²) in [4.78, 5) is 29.1. The van der Waals surface area contributed by atoms with Crippen LogP contribution in [0, 0.1) is 11.3 Å². The molecule has 0 aromatic heterocycles. The van der Waals surface area contributed by atoms with E-state index in [1.807, 2.05) is 6.07 Å². The molecule has 1 fully saturated rings. The van der Waals surface area contributed by atoms with Crippen molar-refractivity contribution in [2.75, 3.05) is 34.4 Å². The van der Waals surface area contributed by atoms with E-state index in [-0.39, 0.29) is 42.3 Å². The fourth-order valence-corrected chi connectivity index (χ4v) is 3.93. The normalized spacial score (nSPS) is 28.2. The van der Waals surface area contributed by atoms with Gasteiger partial charge in [0.05, 0.1) is 29.4 Å². The Morgan fingerprint density at radius 3 is 2.67 bits per heavy atom. The molecule has 2 amide bonds. The highest BCUT2D eigenvalue weighted by atomic mass is 16.6. The molecule has 30 heavy (non-hydrogen) atoms. The average Bonchev–Trinajstić information content (AvgIpc) is 2.78. The van der Waals surface area contributed by atoms with E-state index in [4.69, 9.17) is 14.2 Å². The summed E-state index contributed by atoms with van der Waals surface area (Å²) in [6, 6.07) is 6.12. The molecule has 0 aliphatic carbocycles. The van der Waals surface area contributed by atoms with Crippen molar-refractivity contribution in [3.63, 3.8) is 0 Å². The van der Waals surface area contributed by atoms with Crippen LogP contribution < -0.4 is 4.74 Å². The Morgan fingerprint density at radius 2 is 1.97 bits per heavy atom. The molecule has 162 valence electrons. The lowest BCUT2D eigenvalue weighted by Gasteiger charge is -2.37. The lowest BCUT2D eigenvalue weighted by atomic mass is 9.99. The number of benzene rings is 1. The van der Waals surface area contributed by atoms with Crippen LogP contribution in [0.2, 0.25) is 0 Å². The SMILES string of the molecule is CO[C@@H]1CC[C@@H]2CCN(C)C(=O)[C@@H](C)N(C)C(=O)c3cc(C#N)ccc3OC[C@@H]1O2. The minimum absolute atomic E-state index is 0.0123. The lowest BCUT2D eigenvalue weighted by Crippen LogP contribution is -2.48. The number of amides is 2. The summed E-state index contributed by atoms with van der Waals surface area (Å²) in [5.74, 6) is -0.167. The van der Waals surface area contributed by atoms with Crippen LogP contribution in [0.5, 0.6) is 5.75 Å². The second-order valence-corrected chi connectivity index (χ2v) is 7.92. The number of methoxy groups -OCH3 is 1. The lowest BCUT2D eigenvalue weighted by molar-refractivity contribution is -0.146. The molecule has 2 aliphatic heterocycles. The van der Waals surface area contributed by atoms with Gasteiger partial charge in [0.1, 0.15) is 24.5 Å². The Morgan fingerprint density at radius 1 is 1.20 bits per heavy atom. The number of nitrogens with zero attached hydrogens (tertiary/aromatic N) is 3. The van der Waals surface area contributed by atoms with Gasteiger partial charge in [-0.1, -0.05) is 0 Å². The van der Waals surface area contributed by atoms with E-state index >= 15 is 0 Å². The third-order valence-electron chi connectivity index (χ3n) is 6.02. The van der Waals surface area contributed by atoms with Gasteiger partial charge in [0.25, 0.3) is 5.91 Å². The number of likely N-dealkylation sites (N-methyl/N-ethyl adjacent to an activating group) is 2. The summed E-state index contributed by atoms with van der Waals surface area (Å²) < 4.78 is 17.8. The van der Waals surface area contributed by atoms with Gasteiger partial charge in [-0.15, -0.1) is 0 Å². The molecule has 2 heterocycles. The first-order chi connectivity index (χ1) is 14.3. The Hall–Kier alpha value is -2.63. The van der Waals surface area contributed by atoms with Gasteiger partial charge in [0.2, 0.25) is 5.91 Å². The van der Waals surface area contributed by atoms with Gasteiger partial charge in [0, 0.05) is 27.7 Å². The van der Waals surface area contributed by atoms with Gasteiger partial charge in [-0.05, 0) is 44.4 Å². The maximum absolute atomic E-state index is 13.2. The van der Waals surface area contributed by atoms with Gasteiger partial charge in [-0.25, -0.2) is 0 Å². The minimum atomic E-state index is -0.651. The zero-order valence-corrected chi connectivity index (χ0v) is 18.0. The molecule has 0 radical (unpaired) electrons. The van der Waals surface area contributed by atoms with Crippen molar-refractivity contribution in [1.29, 1.82) is 5.26 Å². The number of carbonyl (C=O) groups is 2. The first kappa shape index (κ1) is 22.1. The molecule has 2 aliphatic rings. The zero-order valence-electron chi connectivity index (χ0n) is 18.0. The van der Waals surface area contributed by atoms with Crippen molar-refractivity contribution in [3.8, 4) is 11.8 Å². The van der Waals surface area contributed by atoms with Gasteiger partial charge in [0.15, 0.2) is 0 Å². The average molecular weight is 415 g/mol. The molecule has 4 atom stereocenters. The molecular weight excluding hydrogens is 386 g/mol. The molecule has 1 aromatic rings. The highest BCUT2D eigenvalue weighted by Gasteiger charge is 2.34. The molecule has 0 N–H and O–H groups in total. The second kappa shape index (κ2) is 9.45. The van der Waals surface area contributed by atoms with Gasteiger partial charge in [-0.2, -0.15) is 5.26 Å². The Kier molecular flexibility index (Phi) is 6.95. The summed E-state index contributed by atoms with van der Waals surface area (Å²) in [6.07, 6.45) is 2.03. The smallest absolute Gasteiger partial charge is 0.258 e.